The third-order valence-corrected chi connectivity index (χ3v) is 4.50. The first-order chi connectivity index (χ1) is 13.0. The van der Waals surface area contributed by atoms with Gasteiger partial charge >= 0.3 is 0 Å². The number of nitriles is 1. The number of para-hydroxylation sites is 1. The van der Waals surface area contributed by atoms with E-state index in [-0.39, 0.29) is 5.57 Å². The monoisotopic (exact) mass is 375 g/mol. The van der Waals surface area contributed by atoms with Crippen LogP contribution in [0.5, 0.6) is 0 Å². The minimum Gasteiger partial charge on any atom is -0.321 e. The van der Waals surface area contributed by atoms with Crippen LogP contribution in [0.4, 0.5) is 5.69 Å². The first-order valence-electron chi connectivity index (χ1n) is 8.42. The third kappa shape index (κ3) is 4.11. The predicted octanol–water partition coefficient (Wildman–Crippen LogP) is 5.29. The Hall–Kier alpha value is -3.29. The van der Waals surface area contributed by atoms with Crippen LogP contribution in [-0.2, 0) is 4.79 Å². The molecule has 0 aliphatic rings. The van der Waals surface area contributed by atoms with Gasteiger partial charge in [-0.3, -0.25) is 4.79 Å². The van der Waals surface area contributed by atoms with Crippen molar-refractivity contribution in [2.24, 2.45) is 0 Å². The van der Waals surface area contributed by atoms with Gasteiger partial charge in [0.05, 0.1) is 0 Å². The predicted molar refractivity (Wildman–Crippen MR) is 109 cm³/mol. The van der Waals surface area contributed by atoms with E-state index in [0.29, 0.717) is 10.7 Å². The molecule has 1 aromatic heterocycles. The molecule has 134 valence electrons. The summed E-state index contributed by atoms with van der Waals surface area (Å²) in [6.45, 7) is 3.94. The van der Waals surface area contributed by atoms with Gasteiger partial charge in [-0.05, 0) is 68.0 Å². The standard InChI is InChI=1S/C22H18ClN3O/c1-15-12-17(16(2)26(15)21-10-8-19(23)9-11-21)13-18(14-24)22(27)25-20-6-4-3-5-7-20/h3-13H,1-2H3,(H,25,27). The van der Waals surface area contributed by atoms with Crippen molar-refractivity contribution in [3.8, 4) is 11.8 Å². The highest BCUT2D eigenvalue weighted by Crippen LogP contribution is 2.24. The molecular formula is C22H18ClN3O. The SMILES string of the molecule is Cc1cc(C=C(C#N)C(=O)Nc2ccccc2)c(C)n1-c1ccc(Cl)cc1. The molecule has 4 nitrogen and oxygen atoms in total. The second-order valence-electron chi connectivity index (χ2n) is 6.13. The smallest absolute Gasteiger partial charge is 0.266 e. The van der Waals surface area contributed by atoms with Crippen LogP contribution in [-0.4, -0.2) is 10.5 Å². The molecule has 0 unspecified atom stereocenters. The Kier molecular flexibility index (Phi) is 5.44. The van der Waals surface area contributed by atoms with Crippen molar-refractivity contribution < 1.29 is 4.79 Å². The summed E-state index contributed by atoms with van der Waals surface area (Å²) in [5, 5.41) is 12.9. The first kappa shape index (κ1) is 18.5. The maximum absolute atomic E-state index is 12.4. The number of hydrogen-bond donors (Lipinski definition) is 1. The van der Waals surface area contributed by atoms with E-state index in [9.17, 15) is 10.1 Å². The molecule has 3 aromatic rings. The highest BCUT2D eigenvalue weighted by atomic mass is 35.5. The van der Waals surface area contributed by atoms with Crippen molar-refractivity contribution in [3.63, 3.8) is 0 Å². The van der Waals surface area contributed by atoms with Gasteiger partial charge in [-0.25, -0.2) is 0 Å². The Morgan fingerprint density at radius 3 is 2.41 bits per heavy atom. The number of rotatable bonds is 4. The van der Waals surface area contributed by atoms with Crippen LogP contribution < -0.4 is 5.32 Å². The van der Waals surface area contributed by atoms with Crippen LogP contribution in [0, 0.1) is 25.2 Å². The number of amides is 1. The Balaban J connectivity index is 1.93. The highest BCUT2D eigenvalue weighted by molar-refractivity contribution is 6.30. The van der Waals surface area contributed by atoms with Crippen LogP contribution in [0.2, 0.25) is 5.02 Å². The summed E-state index contributed by atoms with van der Waals surface area (Å²) in [5.41, 5.74) is 4.44. The summed E-state index contributed by atoms with van der Waals surface area (Å²) in [5.74, 6) is -0.431. The molecule has 0 spiro atoms. The van der Waals surface area contributed by atoms with E-state index in [1.54, 1.807) is 18.2 Å². The van der Waals surface area contributed by atoms with Crippen LogP contribution in [0.1, 0.15) is 17.0 Å². The van der Waals surface area contributed by atoms with Gasteiger partial charge in [-0.1, -0.05) is 29.8 Å². The summed E-state index contributed by atoms with van der Waals surface area (Å²) in [6.07, 6.45) is 1.62. The fourth-order valence-corrected chi connectivity index (χ4v) is 3.07. The zero-order chi connectivity index (χ0) is 19.4. The molecular weight excluding hydrogens is 358 g/mol. The van der Waals surface area contributed by atoms with E-state index in [1.807, 2.05) is 68.4 Å². The lowest BCUT2D eigenvalue weighted by Crippen LogP contribution is -2.13. The minimum absolute atomic E-state index is 0.0511. The number of halogens is 1. The molecule has 1 amide bonds. The maximum Gasteiger partial charge on any atom is 0.266 e. The third-order valence-electron chi connectivity index (χ3n) is 4.25. The van der Waals surface area contributed by atoms with Gasteiger partial charge in [0, 0.05) is 27.8 Å². The second-order valence-corrected chi connectivity index (χ2v) is 6.56. The van der Waals surface area contributed by atoms with Gasteiger partial charge in [-0.15, -0.1) is 0 Å². The molecule has 0 fully saturated rings. The van der Waals surface area contributed by atoms with Gasteiger partial charge in [0.1, 0.15) is 11.6 Å². The van der Waals surface area contributed by atoms with Gasteiger partial charge in [0.2, 0.25) is 0 Å². The molecule has 0 radical (unpaired) electrons. The molecule has 0 saturated heterocycles. The van der Waals surface area contributed by atoms with Crippen LogP contribution >= 0.6 is 11.6 Å². The Labute approximate surface area is 163 Å². The number of aromatic nitrogens is 1. The minimum atomic E-state index is -0.431. The number of anilines is 1. The average Bonchev–Trinajstić information content (AvgIpc) is 2.94. The summed E-state index contributed by atoms with van der Waals surface area (Å²) in [7, 11) is 0. The molecule has 1 heterocycles. The lowest BCUT2D eigenvalue weighted by atomic mass is 10.1. The first-order valence-corrected chi connectivity index (χ1v) is 8.80. The summed E-state index contributed by atoms with van der Waals surface area (Å²) in [6, 6.07) is 20.6. The number of nitrogens with one attached hydrogen (secondary N) is 1. The Morgan fingerprint density at radius 2 is 1.78 bits per heavy atom. The van der Waals surface area contributed by atoms with Crippen molar-refractivity contribution in [1.82, 2.24) is 4.57 Å². The molecule has 0 atom stereocenters. The summed E-state index contributed by atoms with van der Waals surface area (Å²) >= 11 is 5.97. The lowest BCUT2D eigenvalue weighted by Gasteiger charge is -2.09. The fourth-order valence-electron chi connectivity index (χ4n) is 2.95. The van der Waals surface area contributed by atoms with Gasteiger partial charge in [0.15, 0.2) is 0 Å². The molecule has 1 N–H and O–H groups in total. The molecule has 27 heavy (non-hydrogen) atoms. The van der Waals surface area contributed by atoms with Gasteiger partial charge < -0.3 is 9.88 Å². The number of carbonyl (C=O) groups excluding carboxylic acids is 1. The lowest BCUT2D eigenvalue weighted by molar-refractivity contribution is -0.112. The van der Waals surface area contributed by atoms with E-state index in [0.717, 1.165) is 22.6 Å². The highest BCUT2D eigenvalue weighted by Gasteiger charge is 2.14. The van der Waals surface area contributed by atoms with Crippen molar-refractivity contribution in [3.05, 3.63) is 88.2 Å². The molecule has 3 rings (SSSR count). The Bertz CT molecular complexity index is 1040. The average molecular weight is 376 g/mol. The molecule has 0 bridgehead atoms. The molecule has 0 aliphatic carbocycles. The summed E-state index contributed by atoms with van der Waals surface area (Å²) in [4.78, 5) is 12.4. The van der Waals surface area contributed by atoms with E-state index < -0.39 is 5.91 Å². The zero-order valence-electron chi connectivity index (χ0n) is 15.0. The van der Waals surface area contributed by atoms with E-state index in [2.05, 4.69) is 9.88 Å². The van der Waals surface area contributed by atoms with E-state index in [1.165, 1.54) is 0 Å². The summed E-state index contributed by atoms with van der Waals surface area (Å²) < 4.78 is 2.06. The number of nitrogens with zero attached hydrogens (tertiary/aromatic N) is 2. The van der Waals surface area contributed by atoms with E-state index >= 15 is 0 Å². The van der Waals surface area contributed by atoms with E-state index in [4.69, 9.17) is 11.6 Å². The Morgan fingerprint density at radius 1 is 1.11 bits per heavy atom. The fraction of sp³-hybridized carbons (Fsp3) is 0.0909. The number of benzene rings is 2. The number of aryl methyl sites for hydroxylation is 1. The topological polar surface area (TPSA) is 57.8 Å². The second kappa shape index (κ2) is 7.94. The van der Waals surface area contributed by atoms with Crippen LogP contribution in [0.15, 0.2) is 66.2 Å². The molecule has 0 saturated carbocycles. The van der Waals surface area contributed by atoms with Crippen molar-refractivity contribution in [1.29, 1.82) is 5.26 Å². The maximum atomic E-state index is 12.4. The van der Waals surface area contributed by atoms with Crippen LogP contribution in [0.3, 0.4) is 0 Å². The quantitative estimate of drug-likeness (QED) is 0.497. The van der Waals surface area contributed by atoms with Crippen molar-refractivity contribution in [2.75, 3.05) is 5.32 Å². The number of carbonyl (C=O) groups is 1. The van der Waals surface area contributed by atoms with Gasteiger partial charge in [-0.2, -0.15) is 5.26 Å². The largest absolute Gasteiger partial charge is 0.321 e. The van der Waals surface area contributed by atoms with Gasteiger partial charge in [0.25, 0.3) is 5.91 Å². The molecule has 2 aromatic carbocycles. The van der Waals surface area contributed by atoms with Crippen molar-refractivity contribution in [2.45, 2.75) is 13.8 Å². The molecule has 0 aliphatic heterocycles. The van der Waals surface area contributed by atoms with Crippen molar-refractivity contribution >= 4 is 29.3 Å². The zero-order valence-corrected chi connectivity index (χ0v) is 15.8. The normalized spacial score (nSPS) is 11.1. The van der Waals surface area contributed by atoms with Crippen LogP contribution in [0.25, 0.3) is 11.8 Å². The number of hydrogen-bond acceptors (Lipinski definition) is 2. The molecule has 5 heteroatoms.